The fraction of sp³-hybridized carbons (Fsp3) is 0.188. The highest BCUT2D eigenvalue weighted by molar-refractivity contribution is 6.30. The van der Waals surface area contributed by atoms with Gasteiger partial charge in [-0.3, -0.25) is 14.5 Å². The second kappa shape index (κ2) is 6.37. The summed E-state index contributed by atoms with van der Waals surface area (Å²) in [4.78, 5) is 40.3. The van der Waals surface area contributed by atoms with E-state index >= 15 is 0 Å². The van der Waals surface area contributed by atoms with Gasteiger partial charge in [0.25, 0.3) is 5.91 Å². The van der Waals surface area contributed by atoms with Crippen LogP contribution in [0.4, 0.5) is 11.4 Å². The Morgan fingerprint density at radius 1 is 1.33 bits per heavy atom. The van der Waals surface area contributed by atoms with E-state index in [1.807, 2.05) is 0 Å². The molecule has 0 spiro atoms. The summed E-state index contributed by atoms with van der Waals surface area (Å²) in [5.41, 5.74) is 1.25. The molecule has 2 N–H and O–H groups in total. The molecule has 1 aromatic heterocycles. The molecule has 0 saturated heterocycles. The van der Waals surface area contributed by atoms with E-state index < -0.39 is 18.0 Å². The van der Waals surface area contributed by atoms with Gasteiger partial charge in [0.1, 0.15) is 12.2 Å². The van der Waals surface area contributed by atoms with Gasteiger partial charge in [-0.05, 0) is 25.1 Å². The van der Waals surface area contributed by atoms with E-state index in [1.54, 1.807) is 24.3 Å². The van der Waals surface area contributed by atoms with Gasteiger partial charge in [0.2, 0.25) is 5.91 Å². The lowest BCUT2D eigenvalue weighted by atomic mass is 10.1. The largest absolute Gasteiger partial charge is 0.448 e. The first-order valence-electron chi connectivity index (χ1n) is 7.21. The number of amides is 2. The molecule has 24 heavy (non-hydrogen) atoms. The zero-order valence-corrected chi connectivity index (χ0v) is 13.5. The van der Waals surface area contributed by atoms with Crippen LogP contribution < -0.4 is 10.2 Å². The molecular formula is C16H14ClN3O4. The predicted molar refractivity (Wildman–Crippen MR) is 88.1 cm³/mol. The number of H-pyrrole nitrogens is 1. The molecule has 0 radical (unpaired) electrons. The molecule has 8 heteroatoms. The third-order valence-corrected chi connectivity index (χ3v) is 3.75. The van der Waals surface area contributed by atoms with Crippen LogP contribution in [0.3, 0.4) is 0 Å². The lowest BCUT2D eigenvalue weighted by Crippen LogP contribution is -2.47. The van der Waals surface area contributed by atoms with E-state index in [0.29, 0.717) is 16.4 Å². The number of fused-ring (bicyclic) bond motifs is 1. The topological polar surface area (TPSA) is 91.5 Å². The van der Waals surface area contributed by atoms with Crippen molar-refractivity contribution in [2.45, 2.75) is 13.0 Å². The number of benzene rings is 1. The number of aromatic nitrogens is 1. The number of hydrogen-bond acceptors (Lipinski definition) is 4. The van der Waals surface area contributed by atoms with Crippen molar-refractivity contribution in [3.05, 3.63) is 47.2 Å². The van der Waals surface area contributed by atoms with Gasteiger partial charge in [-0.15, -0.1) is 0 Å². The average Bonchev–Trinajstić information content (AvgIpc) is 3.00. The Kier molecular flexibility index (Phi) is 4.26. The monoisotopic (exact) mass is 347 g/mol. The number of carbonyl (C=O) groups excluding carboxylic acids is 3. The summed E-state index contributed by atoms with van der Waals surface area (Å²) in [6, 6.07) is 8.33. The minimum atomic E-state index is -1.06. The van der Waals surface area contributed by atoms with Crippen LogP contribution in [0.5, 0.6) is 0 Å². The maximum Gasteiger partial charge on any atom is 0.355 e. The highest BCUT2D eigenvalue weighted by atomic mass is 35.5. The quantitative estimate of drug-likeness (QED) is 0.833. The summed E-state index contributed by atoms with van der Waals surface area (Å²) < 4.78 is 5.16. The number of nitrogens with one attached hydrogen (secondary N) is 2. The molecule has 3 rings (SSSR count). The van der Waals surface area contributed by atoms with Crippen molar-refractivity contribution in [3.8, 4) is 0 Å². The van der Waals surface area contributed by atoms with E-state index in [4.69, 9.17) is 16.3 Å². The first-order valence-corrected chi connectivity index (χ1v) is 7.58. The number of esters is 1. The van der Waals surface area contributed by atoms with Crippen molar-refractivity contribution >= 4 is 40.8 Å². The Morgan fingerprint density at radius 2 is 2.08 bits per heavy atom. The minimum absolute atomic E-state index is 0.133. The van der Waals surface area contributed by atoms with Crippen LogP contribution in [-0.4, -0.2) is 35.4 Å². The fourth-order valence-corrected chi connectivity index (χ4v) is 2.57. The summed E-state index contributed by atoms with van der Waals surface area (Å²) in [5, 5.41) is 3.06. The van der Waals surface area contributed by atoms with Gasteiger partial charge in [-0.1, -0.05) is 23.7 Å². The van der Waals surface area contributed by atoms with Crippen LogP contribution in [0, 0.1) is 0 Å². The Morgan fingerprint density at radius 3 is 2.79 bits per heavy atom. The molecular weight excluding hydrogens is 334 g/mol. The van der Waals surface area contributed by atoms with Crippen LogP contribution in [0.2, 0.25) is 5.02 Å². The number of hydrogen-bond donors (Lipinski definition) is 2. The van der Waals surface area contributed by atoms with Gasteiger partial charge in [-0.25, -0.2) is 4.79 Å². The van der Waals surface area contributed by atoms with Gasteiger partial charge in [0.05, 0.1) is 16.4 Å². The van der Waals surface area contributed by atoms with Crippen molar-refractivity contribution < 1.29 is 19.1 Å². The van der Waals surface area contributed by atoms with Crippen molar-refractivity contribution in [3.63, 3.8) is 0 Å². The summed E-state index contributed by atoms with van der Waals surface area (Å²) in [5.74, 6) is -1.49. The van der Waals surface area contributed by atoms with Crippen LogP contribution in [0.15, 0.2) is 36.5 Å². The average molecular weight is 348 g/mol. The SMILES string of the molecule is CC(OC(=O)c1cc(Cl)c[nH]1)C(=O)N1CC(=O)Nc2ccccc21. The van der Waals surface area contributed by atoms with Crippen molar-refractivity contribution in [1.29, 1.82) is 0 Å². The zero-order valence-electron chi connectivity index (χ0n) is 12.7. The van der Waals surface area contributed by atoms with Crippen LogP contribution in [0.1, 0.15) is 17.4 Å². The normalized spacial score (nSPS) is 14.6. The fourth-order valence-electron chi connectivity index (χ4n) is 2.41. The molecule has 1 aromatic carbocycles. The maximum atomic E-state index is 12.6. The second-order valence-electron chi connectivity index (χ2n) is 5.27. The lowest BCUT2D eigenvalue weighted by Gasteiger charge is -2.30. The highest BCUT2D eigenvalue weighted by Crippen LogP contribution is 2.29. The molecule has 0 bridgehead atoms. The van der Waals surface area contributed by atoms with E-state index in [2.05, 4.69) is 10.3 Å². The van der Waals surface area contributed by atoms with Crippen molar-refractivity contribution in [1.82, 2.24) is 4.98 Å². The highest BCUT2D eigenvalue weighted by Gasteiger charge is 2.31. The van der Waals surface area contributed by atoms with Crippen molar-refractivity contribution in [2.24, 2.45) is 0 Å². The third kappa shape index (κ3) is 3.11. The van der Waals surface area contributed by atoms with Gasteiger partial charge in [0, 0.05) is 6.20 Å². The molecule has 0 saturated carbocycles. The summed E-state index contributed by atoms with van der Waals surface area (Å²) in [6.45, 7) is 1.33. The second-order valence-corrected chi connectivity index (χ2v) is 5.71. The molecule has 1 aliphatic rings. The molecule has 2 heterocycles. The smallest absolute Gasteiger partial charge is 0.355 e. The standard InChI is InChI=1S/C16H14ClN3O4/c1-9(24-16(23)12-6-10(17)7-18-12)15(22)20-8-14(21)19-11-4-2-3-5-13(11)20/h2-7,9,18H,8H2,1H3,(H,19,21). The number of halogens is 1. The van der Waals surface area contributed by atoms with E-state index in [-0.39, 0.29) is 18.1 Å². The molecule has 1 aliphatic heterocycles. The van der Waals surface area contributed by atoms with Gasteiger partial charge in [-0.2, -0.15) is 0 Å². The molecule has 0 aliphatic carbocycles. The number of para-hydroxylation sites is 2. The van der Waals surface area contributed by atoms with Gasteiger partial charge >= 0.3 is 5.97 Å². The number of ether oxygens (including phenoxy) is 1. The molecule has 1 atom stereocenters. The Balaban J connectivity index is 1.76. The molecule has 1 unspecified atom stereocenters. The Bertz CT molecular complexity index is 817. The summed E-state index contributed by atoms with van der Waals surface area (Å²) >= 11 is 5.74. The number of nitrogens with zero attached hydrogens (tertiary/aromatic N) is 1. The van der Waals surface area contributed by atoms with E-state index in [9.17, 15) is 14.4 Å². The number of aromatic amines is 1. The first-order chi connectivity index (χ1) is 11.5. The van der Waals surface area contributed by atoms with E-state index in [1.165, 1.54) is 24.1 Å². The molecule has 2 aromatic rings. The van der Waals surface area contributed by atoms with Crippen molar-refractivity contribution in [2.75, 3.05) is 16.8 Å². The van der Waals surface area contributed by atoms with Crippen LogP contribution >= 0.6 is 11.6 Å². The number of carbonyl (C=O) groups is 3. The number of rotatable bonds is 3. The Labute approximate surface area is 142 Å². The van der Waals surface area contributed by atoms with Crippen LogP contribution in [0.25, 0.3) is 0 Å². The predicted octanol–water partition coefficient (Wildman–Crippen LogP) is 2.20. The lowest BCUT2D eigenvalue weighted by molar-refractivity contribution is -0.128. The molecule has 0 fully saturated rings. The van der Waals surface area contributed by atoms with Gasteiger partial charge in [0.15, 0.2) is 6.10 Å². The summed E-state index contributed by atoms with van der Waals surface area (Å²) in [6.07, 6.45) is 0.383. The third-order valence-electron chi connectivity index (χ3n) is 3.54. The molecule has 124 valence electrons. The Hall–Kier alpha value is -2.80. The van der Waals surface area contributed by atoms with Crippen LogP contribution in [-0.2, 0) is 14.3 Å². The maximum absolute atomic E-state index is 12.6. The first kappa shape index (κ1) is 16.1. The summed E-state index contributed by atoms with van der Waals surface area (Å²) in [7, 11) is 0. The van der Waals surface area contributed by atoms with Gasteiger partial charge < -0.3 is 15.0 Å². The molecule has 2 amide bonds. The number of anilines is 2. The minimum Gasteiger partial charge on any atom is -0.448 e. The molecule has 7 nitrogen and oxygen atoms in total. The van der Waals surface area contributed by atoms with E-state index in [0.717, 1.165) is 0 Å². The zero-order chi connectivity index (χ0) is 17.3.